The van der Waals surface area contributed by atoms with Crippen LogP contribution < -0.4 is 15.5 Å². The molecule has 0 unspecified atom stereocenters. The highest BCUT2D eigenvalue weighted by molar-refractivity contribution is 7.80. The van der Waals surface area contributed by atoms with Crippen LogP contribution in [0.25, 0.3) is 0 Å². The molecule has 3 rings (SSSR count). The third-order valence-corrected chi connectivity index (χ3v) is 5.61. The van der Waals surface area contributed by atoms with Gasteiger partial charge in [0.05, 0.1) is 32.0 Å². The van der Waals surface area contributed by atoms with Gasteiger partial charge >= 0.3 is 0 Å². The Balaban J connectivity index is 1.41. The maximum atomic E-state index is 5.45. The van der Waals surface area contributed by atoms with Crippen molar-refractivity contribution in [2.24, 2.45) is 0 Å². The van der Waals surface area contributed by atoms with Crippen molar-refractivity contribution < 1.29 is 9.64 Å². The van der Waals surface area contributed by atoms with Gasteiger partial charge in [0.15, 0.2) is 5.11 Å². The quantitative estimate of drug-likeness (QED) is 0.451. The van der Waals surface area contributed by atoms with Gasteiger partial charge in [-0.05, 0) is 31.6 Å². The fourth-order valence-corrected chi connectivity index (χ4v) is 3.76. The highest BCUT2D eigenvalue weighted by Gasteiger charge is 2.14. The van der Waals surface area contributed by atoms with E-state index in [2.05, 4.69) is 53.4 Å². The molecule has 1 aliphatic rings. The van der Waals surface area contributed by atoms with Crippen LogP contribution in [0.5, 0.6) is 0 Å². The second-order valence-electron chi connectivity index (χ2n) is 7.37. The van der Waals surface area contributed by atoms with Crippen LogP contribution >= 0.6 is 12.2 Å². The number of hydrogen-bond donors (Lipinski definition) is 3. The van der Waals surface area contributed by atoms with Crippen molar-refractivity contribution in [3.63, 3.8) is 0 Å². The third kappa shape index (κ3) is 6.02. The fourth-order valence-electron chi connectivity index (χ4n) is 3.58. The van der Waals surface area contributed by atoms with E-state index in [0.29, 0.717) is 11.7 Å². The van der Waals surface area contributed by atoms with E-state index in [9.17, 15) is 0 Å². The van der Waals surface area contributed by atoms with Gasteiger partial charge in [-0.3, -0.25) is 4.68 Å². The molecule has 0 radical (unpaired) electrons. The van der Waals surface area contributed by atoms with Gasteiger partial charge in [-0.25, -0.2) is 0 Å². The van der Waals surface area contributed by atoms with E-state index in [-0.39, 0.29) is 0 Å². The first-order valence-corrected chi connectivity index (χ1v) is 10.5. The number of nitrogens with zero attached hydrogens (tertiary/aromatic N) is 2. The van der Waals surface area contributed by atoms with Crippen LogP contribution in [0.3, 0.4) is 0 Å². The summed E-state index contributed by atoms with van der Waals surface area (Å²) in [7, 11) is 0. The predicted molar refractivity (Wildman–Crippen MR) is 116 cm³/mol. The molecule has 0 saturated carbocycles. The number of morpholine rings is 1. The van der Waals surface area contributed by atoms with E-state index in [1.54, 1.807) is 4.90 Å². The van der Waals surface area contributed by atoms with E-state index in [1.165, 1.54) is 23.4 Å². The summed E-state index contributed by atoms with van der Waals surface area (Å²) in [6.07, 6.45) is 1.12. The van der Waals surface area contributed by atoms with E-state index in [1.807, 2.05) is 6.07 Å². The van der Waals surface area contributed by atoms with Crippen molar-refractivity contribution in [3.05, 3.63) is 52.8 Å². The summed E-state index contributed by atoms with van der Waals surface area (Å²) in [6.45, 7) is 11.8. The molecular weight excluding hydrogens is 370 g/mol. The first kappa shape index (κ1) is 20.8. The van der Waals surface area contributed by atoms with Crippen molar-refractivity contribution >= 4 is 17.3 Å². The van der Waals surface area contributed by atoms with Gasteiger partial charge in [0, 0.05) is 30.8 Å². The number of hydrogen-bond acceptors (Lipinski definition) is 3. The first-order chi connectivity index (χ1) is 13.6. The van der Waals surface area contributed by atoms with Crippen molar-refractivity contribution in [2.45, 2.75) is 33.4 Å². The molecule has 0 atom stereocenters. The van der Waals surface area contributed by atoms with Crippen LogP contribution in [0, 0.1) is 13.8 Å². The number of rotatable bonds is 8. The van der Waals surface area contributed by atoms with Gasteiger partial charge < -0.3 is 20.3 Å². The van der Waals surface area contributed by atoms with Crippen LogP contribution in [0.1, 0.15) is 28.9 Å². The zero-order chi connectivity index (χ0) is 19.8. The molecule has 28 heavy (non-hydrogen) atoms. The molecule has 0 bridgehead atoms. The van der Waals surface area contributed by atoms with Gasteiger partial charge in [-0.2, -0.15) is 5.10 Å². The third-order valence-electron chi connectivity index (χ3n) is 5.32. The predicted octanol–water partition coefficient (Wildman–Crippen LogP) is 0.818. The summed E-state index contributed by atoms with van der Waals surface area (Å²) in [4.78, 5) is 1.63. The van der Waals surface area contributed by atoms with Crippen LogP contribution in [0.15, 0.2) is 30.3 Å². The second-order valence-corrected chi connectivity index (χ2v) is 7.78. The standard InChI is InChI=1S/C21H31N5OS/c1-17-20(18(2)26(24-17)16-19-7-4-3-5-8-19)15-23-21(28)22-9-6-10-25-11-13-27-14-12-25/h3-5,7-8H,6,9-16H2,1-2H3,(H2,22,23,28)/p+1. The maximum absolute atomic E-state index is 5.45. The van der Waals surface area contributed by atoms with Crippen molar-refractivity contribution in [1.82, 2.24) is 20.4 Å². The van der Waals surface area contributed by atoms with Crippen LogP contribution in [-0.4, -0.2) is 54.3 Å². The summed E-state index contributed by atoms with van der Waals surface area (Å²) in [5.41, 5.74) is 4.72. The summed E-state index contributed by atoms with van der Waals surface area (Å²) in [6, 6.07) is 10.4. The van der Waals surface area contributed by atoms with Gasteiger partial charge in [-0.1, -0.05) is 30.3 Å². The minimum atomic E-state index is 0.701. The largest absolute Gasteiger partial charge is 0.370 e. The van der Waals surface area contributed by atoms with Crippen molar-refractivity contribution in [3.8, 4) is 0 Å². The second kappa shape index (κ2) is 10.5. The monoisotopic (exact) mass is 402 g/mol. The number of aryl methyl sites for hydroxylation is 1. The van der Waals surface area contributed by atoms with Crippen molar-refractivity contribution in [2.75, 3.05) is 39.4 Å². The van der Waals surface area contributed by atoms with Gasteiger partial charge in [0.1, 0.15) is 13.1 Å². The SMILES string of the molecule is Cc1nn(Cc2ccccc2)c(C)c1CNC(=S)NCCC[NH+]1CCOCC1. The minimum Gasteiger partial charge on any atom is -0.370 e. The molecule has 1 aromatic carbocycles. The van der Waals surface area contributed by atoms with Crippen LogP contribution in [0.2, 0.25) is 0 Å². The average molecular weight is 403 g/mol. The number of ether oxygens (including phenoxy) is 1. The normalized spacial score (nSPS) is 14.8. The molecule has 2 heterocycles. The number of aromatic nitrogens is 2. The number of nitrogens with one attached hydrogen (secondary N) is 3. The Labute approximate surface area is 173 Å². The minimum absolute atomic E-state index is 0.701. The number of benzene rings is 1. The Hall–Kier alpha value is -1.96. The van der Waals surface area contributed by atoms with Crippen LogP contribution in [-0.2, 0) is 17.8 Å². The topological polar surface area (TPSA) is 55.5 Å². The molecule has 0 spiro atoms. The molecule has 7 heteroatoms. The molecule has 1 fully saturated rings. The molecule has 0 aliphatic carbocycles. The lowest BCUT2D eigenvalue weighted by Gasteiger charge is -2.23. The molecule has 6 nitrogen and oxygen atoms in total. The summed E-state index contributed by atoms with van der Waals surface area (Å²) in [5, 5.41) is 12.1. The lowest BCUT2D eigenvalue weighted by molar-refractivity contribution is -0.908. The Kier molecular flexibility index (Phi) is 7.82. The zero-order valence-electron chi connectivity index (χ0n) is 17.0. The summed E-state index contributed by atoms with van der Waals surface area (Å²) in [5.74, 6) is 0. The molecule has 152 valence electrons. The summed E-state index contributed by atoms with van der Waals surface area (Å²) < 4.78 is 7.47. The first-order valence-electron chi connectivity index (χ1n) is 10.1. The van der Waals surface area contributed by atoms with Gasteiger partial charge in [0.2, 0.25) is 0 Å². The molecule has 1 saturated heterocycles. The van der Waals surface area contributed by atoms with E-state index < -0.39 is 0 Å². The lowest BCUT2D eigenvalue weighted by atomic mass is 10.2. The zero-order valence-corrected chi connectivity index (χ0v) is 17.8. The Morgan fingerprint density at radius 2 is 1.93 bits per heavy atom. The van der Waals surface area contributed by atoms with Crippen LogP contribution in [0.4, 0.5) is 0 Å². The highest BCUT2D eigenvalue weighted by Crippen LogP contribution is 2.14. The van der Waals surface area contributed by atoms with Gasteiger partial charge in [-0.15, -0.1) is 0 Å². The Morgan fingerprint density at radius 3 is 2.68 bits per heavy atom. The molecular formula is C21H32N5OS+. The van der Waals surface area contributed by atoms with Crippen molar-refractivity contribution in [1.29, 1.82) is 0 Å². The Morgan fingerprint density at radius 1 is 1.18 bits per heavy atom. The van der Waals surface area contributed by atoms with E-state index in [4.69, 9.17) is 22.1 Å². The fraction of sp³-hybridized carbons (Fsp3) is 0.524. The molecule has 1 aliphatic heterocycles. The molecule has 2 aromatic rings. The Bertz CT molecular complexity index is 756. The number of quaternary nitrogens is 1. The molecule has 3 N–H and O–H groups in total. The van der Waals surface area contributed by atoms with E-state index >= 15 is 0 Å². The smallest absolute Gasteiger partial charge is 0.166 e. The molecule has 0 amide bonds. The average Bonchev–Trinajstić information content (AvgIpc) is 2.98. The lowest BCUT2D eigenvalue weighted by Crippen LogP contribution is -3.14. The van der Waals surface area contributed by atoms with Gasteiger partial charge in [0.25, 0.3) is 0 Å². The maximum Gasteiger partial charge on any atom is 0.166 e. The van der Waals surface area contributed by atoms with E-state index in [0.717, 1.165) is 51.5 Å². The highest BCUT2D eigenvalue weighted by atomic mass is 32.1. The molecule has 1 aromatic heterocycles. The summed E-state index contributed by atoms with van der Waals surface area (Å²) >= 11 is 5.45. The number of thiocarbonyl (C=S) groups is 1.